The van der Waals surface area contributed by atoms with Gasteiger partial charge in [0.15, 0.2) is 5.78 Å². The monoisotopic (exact) mass is 385 g/mol. The number of carbonyl (C=O) groups is 2. The summed E-state index contributed by atoms with van der Waals surface area (Å²) in [5.41, 5.74) is 2.10. The molecule has 6 heteroatoms. The van der Waals surface area contributed by atoms with Crippen LogP contribution in [0.1, 0.15) is 68.4 Å². The molecule has 4 heterocycles. The fraction of sp³-hybridized carbons (Fsp3) is 0.524. The maximum absolute atomic E-state index is 13.2. The second kappa shape index (κ2) is 6.31. The van der Waals surface area contributed by atoms with Crippen LogP contribution in [0.15, 0.2) is 15.9 Å². The Bertz CT molecular complexity index is 917. The zero-order valence-electron chi connectivity index (χ0n) is 15.5. The van der Waals surface area contributed by atoms with E-state index in [2.05, 4.69) is 11.4 Å². The van der Waals surface area contributed by atoms with Crippen LogP contribution in [-0.2, 0) is 23.2 Å². The Labute approximate surface area is 162 Å². The molecule has 2 aromatic rings. The number of furan rings is 1. The number of piperidine rings is 1. The van der Waals surface area contributed by atoms with Crippen LogP contribution in [0, 0.1) is 6.92 Å². The molecule has 1 fully saturated rings. The van der Waals surface area contributed by atoms with Crippen molar-refractivity contribution >= 4 is 23.0 Å². The number of hydrogen-bond donors (Lipinski definition) is 0. The molecule has 0 atom stereocenters. The van der Waals surface area contributed by atoms with Crippen molar-refractivity contribution in [3.63, 3.8) is 0 Å². The highest BCUT2D eigenvalue weighted by Crippen LogP contribution is 2.43. The Morgan fingerprint density at radius 3 is 2.85 bits per heavy atom. The zero-order chi connectivity index (χ0) is 18.6. The summed E-state index contributed by atoms with van der Waals surface area (Å²) in [6.07, 6.45) is 4.64. The van der Waals surface area contributed by atoms with Crippen LogP contribution in [0.25, 0.3) is 0 Å². The molecule has 1 saturated heterocycles. The third kappa shape index (κ3) is 2.61. The lowest BCUT2D eigenvalue weighted by Crippen LogP contribution is -2.48. The molecular weight excluding hydrogens is 362 g/mol. The fourth-order valence-electron chi connectivity index (χ4n) is 4.87. The second-order valence-electron chi connectivity index (χ2n) is 7.75. The lowest BCUT2D eigenvalue weighted by atomic mass is 9.82. The standard InChI is InChI=1S/C21H23NO4S/c1-13-18(19-15(23)3-2-4-16(19)26-13)20(24)22-9-7-21(8-10-22)14-6-12-27-17(14)5-11-25-21/h6,12H,2-5,7-11H2,1H3. The number of Topliss-reactive ketones (excluding diaryl/α,β-unsaturated/α-hetero) is 1. The number of fused-ring (bicyclic) bond motifs is 3. The van der Waals surface area contributed by atoms with Crippen molar-refractivity contribution in [1.82, 2.24) is 4.90 Å². The van der Waals surface area contributed by atoms with E-state index in [9.17, 15) is 9.59 Å². The van der Waals surface area contributed by atoms with Crippen molar-refractivity contribution in [1.29, 1.82) is 0 Å². The molecule has 0 N–H and O–H groups in total. The lowest BCUT2D eigenvalue weighted by molar-refractivity contribution is -0.0926. The largest absolute Gasteiger partial charge is 0.465 e. The summed E-state index contributed by atoms with van der Waals surface area (Å²) >= 11 is 1.81. The molecule has 2 aromatic heterocycles. The second-order valence-corrected chi connectivity index (χ2v) is 8.75. The van der Waals surface area contributed by atoms with Crippen molar-refractivity contribution in [2.45, 2.75) is 51.0 Å². The molecule has 1 amide bonds. The van der Waals surface area contributed by atoms with Gasteiger partial charge in [-0.15, -0.1) is 11.3 Å². The highest BCUT2D eigenvalue weighted by atomic mass is 32.1. The van der Waals surface area contributed by atoms with Crippen LogP contribution in [0.2, 0.25) is 0 Å². The highest BCUT2D eigenvalue weighted by Gasteiger charge is 2.43. The molecule has 2 aliphatic heterocycles. The van der Waals surface area contributed by atoms with E-state index >= 15 is 0 Å². The average Bonchev–Trinajstić information content (AvgIpc) is 3.27. The van der Waals surface area contributed by atoms with Crippen molar-refractivity contribution in [3.8, 4) is 0 Å². The van der Waals surface area contributed by atoms with Gasteiger partial charge >= 0.3 is 0 Å². The van der Waals surface area contributed by atoms with Crippen LogP contribution >= 0.6 is 11.3 Å². The lowest BCUT2D eigenvalue weighted by Gasteiger charge is -2.44. The van der Waals surface area contributed by atoms with E-state index in [1.54, 1.807) is 18.3 Å². The van der Waals surface area contributed by atoms with Gasteiger partial charge in [0.1, 0.15) is 11.5 Å². The van der Waals surface area contributed by atoms with E-state index < -0.39 is 0 Å². The van der Waals surface area contributed by atoms with Gasteiger partial charge in [-0.05, 0) is 43.2 Å². The molecule has 0 aromatic carbocycles. The molecule has 0 unspecified atom stereocenters. The number of nitrogens with zero attached hydrogens (tertiary/aromatic N) is 1. The Hall–Kier alpha value is -1.92. The van der Waals surface area contributed by atoms with Crippen molar-refractivity contribution in [3.05, 3.63) is 44.5 Å². The van der Waals surface area contributed by atoms with Gasteiger partial charge < -0.3 is 14.1 Å². The summed E-state index contributed by atoms with van der Waals surface area (Å²) in [6, 6.07) is 2.19. The SMILES string of the molecule is Cc1oc2c(c1C(=O)N1CCC3(CC1)OCCc1sccc13)C(=O)CCC2. The molecule has 3 aliphatic rings. The molecule has 0 saturated carbocycles. The molecule has 1 aliphatic carbocycles. The number of likely N-dealkylation sites (tertiary alicyclic amines) is 1. The molecule has 142 valence electrons. The van der Waals surface area contributed by atoms with Gasteiger partial charge in [-0.2, -0.15) is 0 Å². The Kier molecular flexibility index (Phi) is 4.02. The number of rotatable bonds is 1. The first-order chi connectivity index (χ1) is 13.1. The van der Waals surface area contributed by atoms with Gasteiger partial charge in [-0.1, -0.05) is 0 Å². The third-order valence-electron chi connectivity index (χ3n) is 6.26. The smallest absolute Gasteiger partial charge is 0.258 e. The molecule has 5 nitrogen and oxygen atoms in total. The molecule has 0 bridgehead atoms. The van der Waals surface area contributed by atoms with Gasteiger partial charge in [0.25, 0.3) is 5.91 Å². The highest BCUT2D eigenvalue weighted by molar-refractivity contribution is 7.10. The normalized spacial score (nSPS) is 21.2. The quantitative estimate of drug-likeness (QED) is 0.748. The van der Waals surface area contributed by atoms with Gasteiger partial charge in [-0.3, -0.25) is 9.59 Å². The van der Waals surface area contributed by atoms with E-state index in [0.29, 0.717) is 42.2 Å². The number of thiophene rings is 1. The fourth-order valence-corrected chi connectivity index (χ4v) is 5.82. The van der Waals surface area contributed by atoms with Crippen molar-refractivity contribution < 1.29 is 18.7 Å². The maximum Gasteiger partial charge on any atom is 0.258 e. The van der Waals surface area contributed by atoms with E-state index in [1.165, 1.54) is 10.4 Å². The molecule has 0 radical (unpaired) electrons. The number of ether oxygens (including phenoxy) is 1. The summed E-state index contributed by atoms with van der Waals surface area (Å²) in [4.78, 5) is 28.9. The van der Waals surface area contributed by atoms with E-state index in [1.807, 2.05) is 4.90 Å². The molecular formula is C21H23NO4S. The number of amides is 1. The van der Waals surface area contributed by atoms with Gasteiger partial charge in [0.2, 0.25) is 0 Å². The van der Waals surface area contributed by atoms with Gasteiger partial charge in [-0.25, -0.2) is 0 Å². The number of carbonyl (C=O) groups excluding carboxylic acids is 2. The summed E-state index contributed by atoms with van der Waals surface area (Å²) in [7, 11) is 0. The van der Waals surface area contributed by atoms with E-state index in [4.69, 9.17) is 9.15 Å². The predicted molar refractivity (Wildman–Crippen MR) is 102 cm³/mol. The van der Waals surface area contributed by atoms with Crippen LogP contribution in [0.3, 0.4) is 0 Å². The Morgan fingerprint density at radius 2 is 2.04 bits per heavy atom. The maximum atomic E-state index is 13.2. The zero-order valence-corrected chi connectivity index (χ0v) is 16.3. The Morgan fingerprint density at radius 1 is 1.22 bits per heavy atom. The van der Waals surface area contributed by atoms with Crippen LogP contribution < -0.4 is 0 Å². The molecule has 5 rings (SSSR count). The van der Waals surface area contributed by atoms with E-state index in [0.717, 1.165) is 38.7 Å². The number of aryl methyl sites for hydroxylation is 2. The van der Waals surface area contributed by atoms with Crippen LogP contribution in [-0.4, -0.2) is 36.3 Å². The van der Waals surface area contributed by atoms with E-state index in [-0.39, 0.29) is 17.3 Å². The minimum atomic E-state index is -0.245. The first-order valence-electron chi connectivity index (χ1n) is 9.74. The summed E-state index contributed by atoms with van der Waals surface area (Å²) in [6.45, 7) is 3.83. The topological polar surface area (TPSA) is 59.8 Å². The van der Waals surface area contributed by atoms with Crippen LogP contribution in [0.5, 0.6) is 0 Å². The minimum absolute atomic E-state index is 0.0449. The van der Waals surface area contributed by atoms with Gasteiger partial charge in [0, 0.05) is 37.2 Å². The minimum Gasteiger partial charge on any atom is -0.465 e. The number of hydrogen-bond acceptors (Lipinski definition) is 5. The molecule has 27 heavy (non-hydrogen) atoms. The van der Waals surface area contributed by atoms with Gasteiger partial charge in [0.05, 0.1) is 23.3 Å². The summed E-state index contributed by atoms with van der Waals surface area (Å²) in [5, 5.41) is 2.14. The van der Waals surface area contributed by atoms with Crippen LogP contribution in [0.4, 0.5) is 0 Å². The average molecular weight is 385 g/mol. The van der Waals surface area contributed by atoms with Crippen molar-refractivity contribution in [2.75, 3.05) is 19.7 Å². The number of ketones is 1. The Balaban J connectivity index is 1.39. The predicted octanol–water partition coefficient (Wildman–Crippen LogP) is 3.87. The first-order valence-corrected chi connectivity index (χ1v) is 10.6. The summed E-state index contributed by atoms with van der Waals surface area (Å²) in [5.74, 6) is 1.25. The summed E-state index contributed by atoms with van der Waals surface area (Å²) < 4.78 is 12.0. The third-order valence-corrected chi connectivity index (χ3v) is 7.24. The van der Waals surface area contributed by atoms with Crippen molar-refractivity contribution in [2.24, 2.45) is 0 Å². The first kappa shape index (κ1) is 17.2. The molecule has 1 spiro atoms.